The molecule has 7 aromatic rings. The number of rotatable bonds is 29. The number of aliphatic hydroxyl groups excluding tert-OH is 3. The minimum atomic E-state index is -1.12. The molecular formula is C70H92B4Cl2N4O18. The van der Waals surface area contributed by atoms with Gasteiger partial charge in [-0.15, -0.1) is 24.8 Å². The molecule has 98 heavy (non-hydrogen) atoms. The van der Waals surface area contributed by atoms with E-state index < -0.39 is 46.3 Å². The van der Waals surface area contributed by atoms with Crippen molar-refractivity contribution in [2.24, 2.45) is 11.5 Å². The van der Waals surface area contributed by atoms with Gasteiger partial charge in [0.2, 0.25) is 0 Å². The molecule has 7 aromatic carbocycles. The summed E-state index contributed by atoms with van der Waals surface area (Å²) in [5.74, 6) is 2.39. The molecule has 11 rings (SSSR count). The summed E-state index contributed by atoms with van der Waals surface area (Å²) in [7, 11) is -4.08. The average molecular weight is 1390 g/mol. The average Bonchev–Trinajstić information content (AvgIpc) is 1.66. The number of alkyl carbamates (subject to hydrolysis) is 1. The number of nitrogens with one attached hydrogen (secondary N) is 1. The van der Waals surface area contributed by atoms with Gasteiger partial charge in [-0.05, 0) is 84.0 Å². The molecule has 526 valence electrons. The normalized spacial score (nSPS) is 16.1. The van der Waals surface area contributed by atoms with Crippen LogP contribution < -0.4 is 57.6 Å². The SMILES string of the molecule is CC(C)(C)OC(=O)NC[C@H]1OB(O)c2c(OCCCO)cccc21.Cl.Cl.NC[C@H]1OB(O)c2c(OCCCO)cccc21.NC[C@H]1OB(O)c2c(OCCCO)cccc21.OB1O[C@H](CN(Cc2ccccc2)Cc2ccccc2)c2cccc(OCCCOCc3ccccc3)c21. The maximum absolute atomic E-state index is 11.8. The van der Waals surface area contributed by atoms with Crippen LogP contribution in [0, 0.1) is 0 Å². The monoisotopic (exact) mass is 1390 g/mol. The number of halogens is 2. The lowest BCUT2D eigenvalue weighted by molar-refractivity contribution is 0.0498. The van der Waals surface area contributed by atoms with Gasteiger partial charge in [-0.1, -0.05) is 140 Å². The molecule has 0 bridgehead atoms. The maximum Gasteiger partial charge on any atom is 0.495 e. The van der Waals surface area contributed by atoms with E-state index in [0.717, 1.165) is 52.8 Å². The molecule has 0 aliphatic carbocycles. The van der Waals surface area contributed by atoms with Crippen LogP contribution in [0.5, 0.6) is 23.0 Å². The maximum atomic E-state index is 11.8. The number of hydrogen-bond acceptors (Lipinski definition) is 21. The molecule has 4 aliphatic heterocycles. The minimum Gasteiger partial charge on any atom is -0.494 e. The Morgan fingerprint density at radius 2 is 0.796 bits per heavy atom. The third-order valence-electron chi connectivity index (χ3n) is 15.6. The highest BCUT2D eigenvalue weighted by molar-refractivity contribution is 6.64. The number of carbonyl (C=O) groups excluding carboxylic acids is 1. The van der Waals surface area contributed by atoms with Crippen LogP contribution in [0.25, 0.3) is 0 Å². The van der Waals surface area contributed by atoms with Crippen LogP contribution in [-0.2, 0) is 47.8 Å². The number of carbonyl (C=O) groups is 1. The summed E-state index contributed by atoms with van der Waals surface area (Å²) >= 11 is 0. The molecule has 0 spiro atoms. The molecule has 28 heteroatoms. The summed E-state index contributed by atoms with van der Waals surface area (Å²) < 4.78 is 55.9. The van der Waals surface area contributed by atoms with Gasteiger partial charge in [0.05, 0.1) is 64.1 Å². The standard InChI is InChI=1S/C32H34BNO4.C16H24BNO6.2C11H16BNO4.2ClH/c35-33-32-29(18-10-19-30(32)37-21-11-20-36-25-28-16-8-3-9-17-28)31(38-33)24-34(22-26-12-4-1-5-13-26)23-27-14-6-2-7-15-27;1-16(2,3)23-15(20)18-10-13-11-6-4-7-12(22-9-5-8-19)14(11)17(21)24-13;2*13-7-10-8-3-1-4-9(16-6-2-5-14)11(8)12(15)17-10;;/h1-10,12-19,31,35H,11,20-25H2;4,6-7,13,19,21H,5,8-10H2,1-3H3,(H,18,20);2*1,3-4,10,14-15H,2,5-7,13H2;2*1H/t31-;13-;2*10-;;/m1111../s1. The summed E-state index contributed by atoms with van der Waals surface area (Å²) in [4.78, 5) is 14.1. The number of fused-ring (bicyclic) bond motifs is 4. The highest BCUT2D eigenvalue weighted by Crippen LogP contribution is 2.32. The number of benzene rings is 7. The van der Waals surface area contributed by atoms with E-state index in [0.29, 0.717) is 118 Å². The second kappa shape index (κ2) is 41.7. The van der Waals surface area contributed by atoms with E-state index in [4.69, 9.17) is 73.8 Å². The first-order valence-corrected chi connectivity index (χ1v) is 32.6. The molecule has 22 nitrogen and oxygen atoms in total. The summed E-state index contributed by atoms with van der Waals surface area (Å²) in [5.41, 5.74) is 20.3. The Labute approximate surface area is 588 Å². The topological polar surface area (TPSA) is 318 Å². The Balaban J connectivity index is 0.000000218. The van der Waals surface area contributed by atoms with Crippen molar-refractivity contribution < 1.29 is 87.2 Å². The van der Waals surface area contributed by atoms with E-state index in [-0.39, 0.29) is 69.5 Å². The molecule has 4 atom stereocenters. The van der Waals surface area contributed by atoms with Crippen LogP contribution in [0.3, 0.4) is 0 Å². The molecule has 0 radical (unpaired) electrons. The van der Waals surface area contributed by atoms with E-state index in [2.05, 4.69) is 70.9 Å². The predicted octanol–water partition coefficient (Wildman–Crippen LogP) is 5.04. The van der Waals surface area contributed by atoms with Crippen molar-refractivity contribution in [1.29, 1.82) is 0 Å². The van der Waals surface area contributed by atoms with E-state index >= 15 is 0 Å². The van der Waals surface area contributed by atoms with Crippen molar-refractivity contribution in [2.45, 2.75) is 96.2 Å². The van der Waals surface area contributed by atoms with Crippen LogP contribution >= 0.6 is 24.8 Å². The number of aliphatic hydroxyl groups is 3. The molecule has 4 heterocycles. The van der Waals surface area contributed by atoms with Crippen LogP contribution in [0.2, 0.25) is 0 Å². The zero-order valence-corrected chi connectivity index (χ0v) is 57.3. The fourth-order valence-corrected chi connectivity index (χ4v) is 11.2. The second-order valence-electron chi connectivity index (χ2n) is 24.0. The fraction of sp³-hybridized carbons (Fsp3) is 0.386. The first kappa shape index (κ1) is 80.2. The van der Waals surface area contributed by atoms with Gasteiger partial charge in [0.15, 0.2) is 0 Å². The van der Waals surface area contributed by atoms with Crippen molar-refractivity contribution in [2.75, 3.05) is 79.0 Å². The van der Waals surface area contributed by atoms with Crippen molar-refractivity contribution in [3.8, 4) is 23.0 Å². The largest absolute Gasteiger partial charge is 0.495 e. The molecule has 0 unspecified atom stereocenters. The third-order valence-corrected chi connectivity index (χ3v) is 15.6. The van der Waals surface area contributed by atoms with Gasteiger partial charge in [0, 0.05) is 107 Å². The van der Waals surface area contributed by atoms with Gasteiger partial charge in [-0.3, -0.25) is 4.90 Å². The zero-order valence-electron chi connectivity index (χ0n) is 55.7. The first-order chi connectivity index (χ1) is 46.6. The summed E-state index contributed by atoms with van der Waals surface area (Å²) in [6.45, 7) is 11.5. The van der Waals surface area contributed by atoms with Crippen molar-refractivity contribution in [3.05, 3.63) is 203 Å². The molecule has 0 saturated heterocycles. The lowest BCUT2D eigenvalue weighted by Gasteiger charge is -2.26. The molecule has 0 fully saturated rings. The lowest BCUT2D eigenvalue weighted by atomic mass is 9.78. The Morgan fingerprint density at radius 1 is 0.459 bits per heavy atom. The first-order valence-electron chi connectivity index (χ1n) is 32.6. The number of nitrogens with zero attached hydrogens (tertiary/aromatic N) is 1. The molecule has 1 amide bonds. The molecule has 0 saturated carbocycles. The number of amides is 1. The Hall–Kier alpha value is -6.75. The predicted molar refractivity (Wildman–Crippen MR) is 383 cm³/mol. The molecule has 12 N–H and O–H groups in total. The third kappa shape index (κ3) is 23.7. The van der Waals surface area contributed by atoms with Crippen molar-refractivity contribution in [3.63, 3.8) is 0 Å². The number of hydrogen-bond donors (Lipinski definition) is 10. The Kier molecular flexibility index (Phi) is 34.2. The van der Waals surface area contributed by atoms with E-state index in [1.54, 1.807) is 45.0 Å². The molecule has 0 aromatic heterocycles. The molecule has 4 aliphatic rings. The van der Waals surface area contributed by atoms with Gasteiger partial charge < -0.3 is 99.2 Å². The summed E-state index contributed by atoms with van der Waals surface area (Å²) in [5, 5.41) is 69.5. The van der Waals surface area contributed by atoms with E-state index in [1.807, 2.05) is 78.9 Å². The quantitative estimate of drug-likeness (QED) is 0.0217. The minimum absolute atomic E-state index is 0. The van der Waals surface area contributed by atoms with E-state index in [1.165, 1.54) is 11.1 Å². The smallest absolute Gasteiger partial charge is 0.494 e. The van der Waals surface area contributed by atoms with Gasteiger partial charge in [-0.25, -0.2) is 4.79 Å². The Bertz CT molecular complexity index is 3340. The van der Waals surface area contributed by atoms with Crippen LogP contribution in [-0.4, -0.2) is 160 Å². The van der Waals surface area contributed by atoms with Gasteiger partial charge in [-0.2, -0.15) is 0 Å². The van der Waals surface area contributed by atoms with Crippen LogP contribution in [0.4, 0.5) is 4.79 Å². The van der Waals surface area contributed by atoms with Crippen molar-refractivity contribution >= 4 is 81.2 Å². The molecular weight excluding hydrogens is 1300 g/mol. The Morgan fingerprint density at radius 3 is 1.16 bits per heavy atom. The zero-order chi connectivity index (χ0) is 68.2. The van der Waals surface area contributed by atoms with Crippen molar-refractivity contribution in [1.82, 2.24) is 10.2 Å². The van der Waals surface area contributed by atoms with Gasteiger partial charge in [0.25, 0.3) is 0 Å². The summed E-state index contributed by atoms with van der Waals surface area (Å²) in [6, 6.07) is 53.4. The number of nitrogens with two attached hydrogens (primary N) is 2. The highest BCUT2D eigenvalue weighted by atomic mass is 35.5. The van der Waals surface area contributed by atoms with E-state index in [9.17, 15) is 24.9 Å². The fourth-order valence-electron chi connectivity index (χ4n) is 11.2. The summed E-state index contributed by atoms with van der Waals surface area (Å²) in [6.07, 6.45) is 0.562. The highest BCUT2D eigenvalue weighted by Gasteiger charge is 2.41. The van der Waals surface area contributed by atoms with Crippen LogP contribution in [0.15, 0.2) is 164 Å². The second-order valence-corrected chi connectivity index (χ2v) is 24.0. The van der Waals surface area contributed by atoms with Gasteiger partial charge >= 0.3 is 34.6 Å². The van der Waals surface area contributed by atoms with Crippen LogP contribution in [0.1, 0.15) is 110 Å². The lowest BCUT2D eigenvalue weighted by Crippen LogP contribution is -2.35. The van der Waals surface area contributed by atoms with Gasteiger partial charge in [0.1, 0.15) is 28.6 Å². The number of ether oxygens (including phenoxy) is 6.